The Hall–Kier alpha value is -1.77. The van der Waals surface area contributed by atoms with Crippen LogP contribution in [0, 0.1) is 6.92 Å². The fraction of sp³-hybridized carbons (Fsp3) is 0.308. The van der Waals surface area contributed by atoms with Crippen molar-refractivity contribution in [1.29, 1.82) is 0 Å². The summed E-state index contributed by atoms with van der Waals surface area (Å²) in [5, 5.41) is 1.13. The Morgan fingerprint density at radius 2 is 2.12 bits per heavy atom. The minimum Gasteiger partial charge on any atom is -0.473 e. The Morgan fingerprint density at radius 1 is 1.31 bits per heavy atom. The molecule has 2 aromatic rings. The van der Waals surface area contributed by atoms with Crippen LogP contribution in [0.2, 0.25) is 0 Å². The van der Waals surface area contributed by atoms with Gasteiger partial charge in [0.1, 0.15) is 12.2 Å². The van der Waals surface area contributed by atoms with Gasteiger partial charge in [-0.2, -0.15) is 0 Å². The number of aryl methyl sites for hydroxylation is 1. The number of ether oxygens (including phenoxy) is 1. The van der Waals surface area contributed by atoms with Crippen LogP contribution in [-0.4, -0.2) is 18.5 Å². The molecule has 0 saturated heterocycles. The number of para-hydroxylation sites is 1. The van der Waals surface area contributed by atoms with Gasteiger partial charge in [0.2, 0.25) is 0 Å². The molecule has 2 heterocycles. The van der Waals surface area contributed by atoms with Crippen LogP contribution in [-0.2, 0) is 4.74 Å². The van der Waals surface area contributed by atoms with Gasteiger partial charge in [-0.15, -0.1) is 0 Å². The van der Waals surface area contributed by atoms with Crippen molar-refractivity contribution >= 4 is 16.9 Å². The highest BCUT2D eigenvalue weighted by molar-refractivity contribution is 5.99. The molecular weight excluding hydrogens is 202 g/mol. The first kappa shape index (κ1) is 9.46. The molecule has 1 aromatic heterocycles. The van der Waals surface area contributed by atoms with Crippen molar-refractivity contribution in [3.8, 4) is 0 Å². The van der Waals surface area contributed by atoms with Crippen LogP contribution in [0.15, 0.2) is 33.7 Å². The zero-order chi connectivity index (χ0) is 11.1. The van der Waals surface area contributed by atoms with Crippen LogP contribution < -0.4 is 0 Å². The van der Waals surface area contributed by atoms with Crippen LogP contribution in [0.3, 0.4) is 0 Å². The van der Waals surface area contributed by atoms with Gasteiger partial charge in [0, 0.05) is 10.9 Å². The van der Waals surface area contributed by atoms with Crippen molar-refractivity contribution in [3.05, 3.63) is 35.6 Å². The quantitative estimate of drug-likeness (QED) is 0.733. The average molecular weight is 215 g/mol. The lowest BCUT2D eigenvalue weighted by atomic mass is 10.1. The summed E-state index contributed by atoms with van der Waals surface area (Å²) in [6.07, 6.45) is 0. The zero-order valence-corrected chi connectivity index (χ0v) is 9.36. The number of benzene rings is 1. The average Bonchev–Trinajstić information content (AvgIpc) is 2.84. The predicted molar refractivity (Wildman–Crippen MR) is 62.9 cm³/mol. The number of furan rings is 1. The minimum atomic E-state index is 0.225. The molecule has 0 spiro atoms. The first-order valence-corrected chi connectivity index (χ1v) is 5.45. The topological polar surface area (TPSA) is 34.7 Å². The first-order valence-electron chi connectivity index (χ1n) is 5.45. The van der Waals surface area contributed by atoms with Crippen molar-refractivity contribution in [2.75, 3.05) is 6.61 Å². The van der Waals surface area contributed by atoms with E-state index in [1.807, 2.05) is 32.0 Å². The fourth-order valence-corrected chi connectivity index (χ4v) is 1.98. The molecule has 0 N–H and O–H groups in total. The summed E-state index contributed by atoms with van der Waals surface area (Å²) in [6.45, 7) is 4.72. The Bertz CT molecular complexity index is 568. The third-order valence-electron chi connectivity index (χ3n) is 2.84. The van der Waals surface area contributed by atoms with Crippen LogP contribution in [0.1, 0.15) is 18.2 Å². The standard InChI is InChI=1S/C13H13NO2/c1-8-7-15-13(14-8)12-9(2)10-5-3-4-6-11(10)16-12/h3-6,8H,7H2,1-2H3. The molecular formula is C13H13NO2. The van der Waals surface area contributed by atoms with Crippen LogP contribution in [0.5, 0.6) is 0 Å². The fourth-order valence-electron chi connectivity index (χ4n) is 1.98. The summed E-state index contributed by atoms with van der Waals surface area (Å²) in [7, 11) is 0. The Morgan fingerprint density at radius 3 is 2.81 bits per heavy atom. The van der Waals surface area contributed by atoms with Gasteiger partial charge in [-0.25, -0.2) is 4.99 Å². The van der Waals surface area contributed by atoms with Crippen LogP contribution in [0.25, 0.3) is 11.0 Å². The monoisotopic (exact) mass is 215 g/mol. The van der Waals surface area contributed by atoms with Crippen LogP contribution >= 0.6 is 0 Å². The molecule has 1 unspecified atom stereocenters. The van der Waals surface area contributed by atoms with E-state index in [1.54, 1.807) is 0 Å². The largest absolute Gasteiger partial charge is 0.473 e. The second-order valence-corrected chi connectivity index (χ2v) is 4.15. The number of aliphatic imine (C=N–C) groups is 1. The lowest BCUT2D eigenvalue weighted by molar-refractivity contribution is 0.318. The van der Waals surface area contributed by atoms with Crippen molar-refractivity contribution in [2.24, 2.45) is 4.99 Å². The van der Waals surface area contributed by atoms with E-state index in [9.17, 15) is 0 Å². The van der Waals surface area contributed by atoms with E-state index in [1.165, 1.54) is 0 Å². The maximum Gasteiger partial charge on any atom is 0.253 e. The number of rotatable bonds is 1. The Labute approximate surface area is 93.7 Å². The summed E-state index contributed by atoms with van der Waals surface area (Å²) >= 11 is 0. The third kappa shape index (κ3) is 1.32. The first-order chi connectivity index (χ1) is 7.75. The van der Waals surface area contributed by atoms with Gasteiger partial charge < -0.3 is 9.15 Å². The number of hydrogen-bond acceptors (Lipinski definition) is 3. The van der Waals surface area contributed by atoms with E-state index < -0.39 is 0 Å². The van der Waals surface area contributed by atoms with Crippen molar-refractivity contribution in [3.63, 3.8) is 0 Å². The number of fused-ring (bicyclic) bond motifs is 1. The summed E-state index contributed by atoms with van der Waals surface area (Å²) in [6, 6.07) is 8.22. The molecule has 16 heavy (non-hydrogen) atoms. The van der Waals surface area contributed by atoms with Crippen LogP contribution in [0.4, 0.5) is 0 Å². The van der Waals surface area contributed by atoms with Gasteiger partial charge >= 0.3 is 0 Å². The summed E-state index contributed by atoms with van der Waals surface area (Å²) < 4.78 is 11.3. The molecule has 1 aromatic carbocycles. The van der Waals surface area contributed by atoms with E-state index in [-0.39, 0.29) is 6.04 Å². The van der Waals surface area contributed by atoms with Gasteiger partial charge in [0.05, 0.1) is 6.04 Å². The maximum atomic E-state index is 5.78. The van der Waals surface area contributed by atoms with Gasteiger partial charge in [0.15, 0.2) is 5.76 Å². The summed E-state index contributed by atoms with van der Waals surface area (Å²) in [4.78, 5) is 4.42. The van der Waals surface area contributed by atoms with Gasteiger partial charge in [-0.05, 0) is 19.9 Å². The number of nitrogens with zero attached hydrogens (tertiary/aromatic N) is 1. The molecule has 3 heteroatoms. The second kappa shape index (κ2) is 3.37. The molecule has 0 aliphatic carbocycles. The summed E-state index contributed by atoms with van der Waals surface area (Å²) in [5.74, 6) is 1.41. The molecule has 1 aliphatic rings. The van der Waals surface area contributed by atoms with E-state index in [2.05, 4.69) is 11.1 Å². The smallest absolute Gasteiger partial charge is 0.253 e. The maximum absolute atomic E-state index is 5.78. The highest BCUT2D eigenvalue weighted by Gasteiger charge is 2.22. The molecule has 0 fully saturated rings. The van der Waals surface area contributed by atoms with E-state index in [4.69, 9.17) is 9.15 Å². The zero-order valence-electron chi connectivity index (χ0n) is 9.36. The molecule has 0 saturated carbocycles. The van der Waals surface area contributed by atoms with E-state index >= 15 is 0 Å². The molecule has 1 aliphatic heterocycles. The molecule has 3 nitrogen and oxygen atoms in total. The third-order valence-corrected chi connectivity index (χ3v) is 2.84. The lowest BCUT2D eigenvalue weighted by Crippen LogP contribution is -2.01. The second-order valence-electron chi connectivity index (χ2n) is 4.15. The predicted octanol–water partition coefficient (Wildman–Crippen LogP) is 2.91. The van der Waals surface area contributed by atoms with Gasteiger partial charge in [-0.1, -0.05) is 18.2 Å². The Balaban J connectivity index is 2.18. The molecule has 82 valence electrons. The van der Waals surface area contributed by atoms with E-state index in [0.29, 0.717) is 12.5 Å². The normalized spacial score (nSPS) is 19.9. The van der Waals surface area contributed by atoms with Crippen molar-refractivity contribution < 1.29 is 9.15 Å². The number of hydrogen-bond donors (Lipinski definition) is 0. The SMILES string of the molecule is Cc1c(C2=NC(C)CO2)oc2ccccc12. The molecule has 3 rings (SSSR count). The van der Waals surface area contributed by atoms with E-state index in [0.717, 1.165) is 22.3 Å². The van der Waals surface area contributed by atoms with Gasteiger partial charge in [-0.3, -0.25) is 0 Å². The molecule has 1 atom stereocenters. The summed E-state index contributed by atoms with van der Waals surface area (Å²) in [5.41, 5.74) is 1.99. The van der Waals surface area contributed by atoms with Crippen molar-refractivity contribution in [1.82, 2.24) is 0 Å². The van der Waals surface area contributed by atoms with Crippen molar-refractivity contribution in [2.45, 2.75) is 19.9 Å². The molecule has 0 amide bonds. The lowest BCUT2D eigenvalue weighted by Gasteiger charge is -1.97. The molecule has 0 radical (unpaired) electrons. The Kier molecular flexibility index (Phi) is 1.99. The minimum absolute atomic E-state index is 0.225. The van der Waals surface area contributed by atoms with Gasteiger partial charge in [0.25, 0.3) is 5.90 Å². The highest BCUT2D eigenvalue weighted by atomic mass is 16.5. The molecule has 0 bridgehead atoms. The highest BCUT2D eigenvalue weighted by Crippen LogP contribution is 2.27.